The zero-order valence-electron chi connectivity index (χ0n) is 11.3. The van der Waals surface area contributed by atoms with E-state index in [9.17, 15) is 13.6 Å². The molecule has 1 fully saturated rings. The molecule has 0 aliphatic carbocycles. The predicted molar refractivity (Wildman–Crippen MR) is 72.1 cm³/mol. The molecule has 0 unspecified atom stereocenters. The molecule has 0 spiro atoms. The summed E-state index contributed by atoms with van der Waals surface area (Å²) in [7, 11) is 0. The molecule has 0 aromatic heterocycles. The van der Waals surface area contributed by atoms with Gasteiger partial charge in [-0.1, -0.05) is 6.07 Å². The molecule has 1 heterocycles. The average Bonchev–Trinajstić information content (AvgIpc) is 2.43. The van der Waals surface area contributed by atoms with E-state index < -0.39 is 11.6 Å². The number of halogens is 2. The van der Waals surface area contributed by atoms with Crippen molar-refractivity contribution in [3.05, 3.63) is 35.4 Å². The number of nitrogens with zero attached hydrogens (tertiary/aromatic N) is 2. The zero-order chi connectivity index (χ0) is 14.5. The number of hydrogen-bond acceptors (Lipinski definition) is 3. The molecule has 1 aliphatic rings. The Morgan fingerprint density at radius 2 is 1.90 bits per heavy atom. The number of hydrogen-bond donors (Lipinski definition) is 1. The fourth-order valence-corrected chi connectivity index (χ4v) is 2.34. The molecule has 0 bridgehead atoms. The summed E-state index contributed by atoms with van der Waals surface area (Å²) in [5.41, 5.74) is 5.73. The van der Waals surface area contributed by atoms with E-state index in [1.165, 1.54) is 12.1 Å². The SMILES string of the molecule is NCCN1CCN(C(=O)Cc2ccc(F)cc2F)CC1. The van der Waals surface area contributed by atoms with Crippen LogP contribution in [0.5, 0.6) is 0 Å². The van der Waals surface area contributed by atoms with Crippen LogP contribution in [0.3, 0.4) is 0 Å². The van der Waals surface area contributed by atoms with Gasteiger partial charge < -0.3 is 10.6 Å². The smallest absolute Gasteiger partial charge is 0.227 e. The number of piperazine rings is 1. The first-order chi connectivity index (χ1) is 9.60. The first kappa shape index (κ1) is 14.9. The summed E-state index contributed by atoms with van der Waals surface area (Å²) < 4.78 is 26.3. The van der Waals surface area contributed by atoms with Gasteiger partial charge in [-0.25, -0.2) is 8.78 Å². The minimum atomic E-state index is -0.667. The summed E-state index contributed by atoms with van der Waals surface area (Å²) in [4.78, 5) is 16.0. The van der Waals surface area contributed by atoms with Crippen molar-refractivity contribution in [2.75, 3.05) is 39.3 Å². The van der Waals surface area contributed by atoms with Gasteiger partial charge in [0.1, 0.15) is 11.6 Å². The number of carbonyl (C=O) groups excluding carboxylic acids is 1. The molecule has 4 nitrogen and oxygen atoms in total. The molecule has 1 amide bonds. The van der Waals surface area contributed by atoms with Crippen molar-refractivity contribution in [2.24, 2.45) is 5.73 Å². The van der Waals surface area contributed by atoms with E-state index in [1.54, 1.807) is 4.90 Å². The second-order valence-corrected chi connectivity index (χ2v) is 4.92. The number of benzene rings is 1. The van der Waals surface area contributed by atoms with Crippen LogP contribution in [0, 0.1) is 11.6 Å². The van der Waals surface area contributed by atoms with Crippen LogP contribution in [-0.4, -0.2) is 55.0 Å². The Bertz CT molecular complexity index is 473. The molecule has 1 aliphatic heterocycles. The molecule has 0 saturated carbocycles. The van der Waals surface area contributed by atoms with Crippen LogP contribution >= 0.6 is 0 Å². The first-order valence-corrected chi connectivity index (χ1v) is 6.74. The quantitative estimate of drug-likeness (QED) is 0.881. The summed E-state index contributed by atoms with van der Waals surface area (Å²) in [6, 6.07) is 3.31. The molecule has 2 rings (SSSR count). The lowest BCUT2D eigenvalue weighted by atomic mass is 10.1. The van der Waals surface area contributed by atoms with E-state index in [2.05, 4.69) is 4.90 Å². The summed E-state index contributed by atoms with van der Waals surface area (Å²) in [6.07, 6.45) is -0.0248. The zero-order valence-corrected chi connectivity index (χ0v) is 11.3. The molecule has 20 heavy (non-hydrogen) atoms. The van der Waals surface area contributed by atoms with E-state index in [0.717, 1.165) is 25.7 Å². The second kappa shape index (κ2) is 6.76. The van der Waals surface area contributed by atoms with Gasteiger partial charge >= 0.3 is 0 Å². The van der Waals surface area contributed by atoms with Crippen molar-refractivity contribution in [1.29, 1.82) is 0 Å². The topological polar surface area (TPSA) is 49.6 Å². The number of carbonyl (C=O) groups is 1. The lowest BCUT2D eigenvalue weighted by Gasteiger charge is -2.34. The van der Waals surface area contributed by atoms with E-state index in [4.69, 9.17) is 5.73 Å². The van der Waals surface area contributed by atoms with Crippen LogP contribution < -0.4 is 5.73 Å². The van der Waals surface area contributed by atoms with Gasteiger partial charge in [-0.2, -0.15) is 0 Å². The average molecular weight is 283 g/mol. The maximum Gasteiger partial charge on any atom is 0.227 e. The number of rotatable bonds is 4. The van der Waals surface area contributed by atoms with Crippen LogP contribution in [0.25, 0.3) is 0 Å². The molecule has 110 valence electrons. The molecular formula is C14H19F2N3O. The standard InChI is InChI=1S/C14H19F2N3O/c15-12-2-1-11(13(16)10-12)9-14(20)19-7-5-18(4-3-17)6-8-19/h1-2,10H,3-9,17H2. The summed E-state index contributed by atoms with van der Waals surface area (Å²) in [6.45, 7) is 4.26. The third-order valence-corrected chi connectivity index (χ3v) is 3.53. The van der Waals surface area contributed by atoms with Crippen molar-refractivity contribution in [3.63, 3.8) is 0 Å². The van der Waals surface area contributed by atoms with E-state index in [0.29, 0.717) is 19.6 Å². The van der Waals surface area contributed by atoms with Crippen molar-refractivity contribution < 1.29 is 13.6 Å². The van der Waals surface area contributed by atoms with Crippen molar-refractivity contribution in [3.8, 4) is 0 Å². The minimum Gasteiger partial charge on any atom is -0.340 e. The third kappa shape index (κ3) is 3.74. The van der Waals surface area contributed by atoms with Gasteiger partial charge in [0, 0.05) is 45.3 Å². The fraction of sp³-hybridized carbons (Fsp3) is 0.500. The molecule has 1 aromatic rings. The van der Waals surface area contributed by atoms with Gasteiger partial charge in [-0.3, -0.25) is 9.69 Å². The Balaban J connectivity index is 1.89. The molecule has 0 radical (unpaired) electrons. The predicted octanol–water partition coefficient (Wildman–Crippen LogP) is 0.610. The second-order valence-electron chi connectivity index (χ2n) is 4.92. The van der Waals surface area contributed by atoms with Gasteiger partial charge in [0.05, 0.1) is 6.42 Å². The third-order valence-electron chi connectivity index (χ3n) is 3.53. The van der Waals surface area contributed by atoms with Crippen LogP contribution in [-0.2, 0) is 11.2 Å². The summed E-state index contributed by atoms with van der Waals surface area (Å²) >= 11 is 0. The lowest BCUT2D eigenvalue weighted by molar-refractivity contribution is -0.132. The Kier molecular flexibility index (Phi) is 5.03. The molecule has 2 N–H and O–H groups in total. The highest BCUT2D eigenvalue weighted by atomic mass is 19.1. The van der Waals surface area contributed by atoms with Crippen molar-refractivity contribution >= 4 is 5.91 Å². The highest BCUT2D eigenvalue weighted by Crippen LogP contribution is 2.12. The molecule has 1 saturated heterocycles. The highest BCUT2D eigenvalue weighted by Gasteiger charge is 2.21. The maximum atomic E-state index is 13.5. The maximum absolute atomic E-state index is 13.5. The summed E-state index contributed by atoms with van der Waals surface area (Å²) in [5, 5.41) is 0. The van der Waals surface area contributed by atoms with Gasteiger partial charge in [-0.05, 0) is 11.6 Å². The normalized spacial score (nSPS) is 16.4. The van der Waals surface area contributed by atoms with Gasteiger partial charge in [0.15, 0.2) is 0 Å². The number of nitrogens with two attached hydrogens (primary N) is 1. The molecule has 0 atom stereocenters. The summed E-state index contributed by atoms with van der Waals surface area (Å²) in [5.74, 6) is -1.42. The largest absolute Gasteiger partial charge is 0.340 e. The monoisotopic (exact) mass is 283 g/mol. The van der Waals surface area contributed by atoms with E-state index in [-0.39, 0.29) is 17.9 Å². The first-order valence-electron chi connectivity index (χ1n) is 6.74. The van der Waals surface area contributed by atoms with Gasteiger partial charge in [0.25, 0.3) is 0 Å². The van der Waals surface area contributed by atoms with Crippen molar-refractivity contribution in [2.45, 2.75) is 6.42 Å². The number of amides is 1. The Labute approximate surface area is 117 Å². The van der Waals surface area contributed by atoms with Gasteiger partial charge in [0.2, 0.25) is 5.91 Å². The Hall–Kier alpha value is -1.53. The van der Waals surface area contributed by atoms with Crippen LogP contribution in [0.2, 0.25) is 0 Å². The molecular weight excluding hydrogens is 264 g/mol. The fourth-order valence-electron chi connectivity index (χ4n) is 2.34. The Morgan fingerprint density at radius 3 is 2.50 bits per heavy atom. The van der Waals surface area contributed by atoms with E-state index in [1.807, 2.05) is 0 Å². The Morgan fingerprint density at radius 1 is 1.20 bits per heavy atom. The van der Waals surface area contributed by atoms with Gasteiger partial charge in [-0.15, -0.1) is 0 Å². The lowest BCUT2D eigenvalue weighted by Crippen LogP contribution is -2.50. The van der Waals surface area contributed by atoms with Crippen LogP contribution in [0.15, 0.2) is 18.2 Å². The molecule has 1 aromatic carbocycles. The van der Waals surface area contributed by atoms with E-state index >= 15 is 0 Å². The van der Waals surface area contributed by atoms with Crippen molar-refractivity contribution in [1.82, 2.24) is 9.80 Å². The molecule has 6 heteroatoms. The minimum absolute atomic E-state index is 0.0248. The van der Waals surface area contributed by atoms with Crippen LogP contribution in [0.1, 0.15) is 5.56 Å². The highest BCUT2D eigenvalue weighted by molar-refractivity contribution is 5.79. The van der Waals surface area contributed by atoms with Crippen LogP contribution in [0.4, 0.5) is 8.78 Å².